The van der Waals surface area contributed by atoms with E-state index in [0.717, 1.165) is 5.56 Å². The number of ether oxygens (including phenoxy) is 1. The first-order valence-electron chi connectivity index (χ1n) is 7.82. The Hall–Kier alpha value is -2.41. The molecule has 0 saturated carbocycles. The summed E-state index contributed by atoms with van der Waals surface area (Å²) in [4.78, 5) is 34.3. The lowest BCUT2D eigenvalue weighted by molar-refractivity contribution is -0.126. The second-order valence-electron chi connectivity index (χ2n) is 5.66. The Morgan fingerprint density at radius 3 is 2.50 bits per heavy atom. The van der Waals surface area contributed by atoms with Gasteiger partial charge >= 0.3 is 6.09 Å². The van der Waals surface area contributed by atoms with Crippen LogP contribution in [0.4, 0.5) is 4.79 Å². The third kappa shape index (κ3) is 6.78. The second kappa shape index (κ2) is 10.4. The molecule has 0 aliphatic heterocycles. The van der Waals surface area contributed by atoms with Crippen LogP contribution in [0.5, 0.6) is 0 Å². The van der Waals surface area contributed by atoms with Crippen molar-refractivity contribution in [2.45, 2.75) is 39.0 Å². The van der Waals surface area contributed by atoms with Crippen LogP contribution in [-0.2, 0) is 20.9 Å². The first-order chi connectivity index (χ1) is 11.5. The number of hydrogen-bond donors (Lipinski definition) is 3. The number of aliphatic hydroxyl groups excluding tert-OH is 1. The highest BCUT2D eigenvalue weighted by Crippen LogP contribution is 2.08. The quantitative estimate of drug-likeness (QED) is 0.461. The Morgan fingerprint density at radius 1 is 1.25 bits per heavy atom. The van der Waals surface area contributed by atoms with Crippen LogP contribution in [0.1, 0.15) is 25.8 Å². The molecule has 1 aromatic carbocycles. The summed E-state index contributed by atoms with van der Waals surface area (Å²) in [5, 5.41) is 15.0. The van der Waals surface area contributed by atoms with Gasteiger partial charge < -0.3 is 25.3 Å². The van der Waals surface area contributed by atoms with Gasteiger partial charge in [0, 0.05) is 13.0 Å². The molecular formula is C17H24N2O5. The molecule has 132 valence electrons. The van der Waals surface area contributed by atoms with E-state index < -0.39 is 24.1 Å². The van der Waals surface area contributed by atoms with Gasteiger partial charge in [0.05, 0.1) is 6.10 Å². The standard InChI is InChI=1S/C17H24N2O5/c1-12(2)15(21)14(16(22)18-9-6-10-20)19-17(23)24-11-13-7-4-3-5-8-13/h3-5,7-8,10,12,14-15,21H,6,9,11H2,1-2H3,(H,18,22)(H,19,23)/t14-,15-/m0/s1. The van der Waals surface area contributed by atoms with E-state index in [1.165, 1.54) is 0 Å². The summed E-state index contributed by atoms with van der Waals surface area (Å²) >= 11 is 0. The molecular weight excluding hydrogens is 312 g/mol. The van der Waals surface area contributed by atoms with Crippen molar-refractivity contribution in [2.75, 3.05) is 6.54 Å². The molecule has 24 heavy (non-hydrogen) atoms. The predicted octanol–water partition coefficient (Wildman–Crippen LogP) is 1.00. The van der Waals surface area contributed by atoms with Crippen LogP contribution >= 0.6 is 0 Å². The number of rotatable bonds is 9. The fourth-order valence-corrected chi connectivity index (χ4v) is 1.95. The molecule has 0 saturated heterocycles. The van der Waals surface area contributed by atoms with Gasteiger partial charge in [-0.25, -0.2) is 4.79 Å². The summed E-state index contributed by atoms with van der Waals surface area (Å²) in [6.07, 6.45) is -1.04. The molecule has 0 bridgehead atoms. The van der Waals surface area contributed by atoms with Gasteiger partial charge in [0.1, 0.15) is 18.9 Å². The molecule has 1 rings (SSSR count). The fraction of sp³-hybridized carbons (Fsp3) is 0.471. The molecule has 2 atom stereocenters. The van der Waals surface area contributed by atoms with Gasteiger partial charge in [-0.15, -0.1) is 0 Å². The molecule has 0 aliphatic rings. The number of aliphatic hydroxyl groups is 1. The highest BCUT2D eigenvalue weighted by molar-refractivity contribution is 5.86. The number of benzene rings is 1. The van der Waals surface area contributed by atoms with Gasteiger partial charge in [0.2, 0.25) is 5.91 Å². The monoisotopic (exact) mass is 336 g/mol. The van der Waals surface area contributed by atoms with Crippen LogP contribution in [0.3, 0.4) is 0 Å². The topological polar surface area (TPSA) is 105 Å². The van der Waals surface area contributed by atoms with E-state index in [0.29, 0.717) is 6.29 Å². The third-order valence-corrected chi connectivity index (χ3v) is 3.35. The zero-order chi connectivity index (χ0) is 17.9. The average Bonchev–Trinajstić information content (AvgIpc) is 2.58. The molecule has 0 radical (unpaired) electrons. The fourth-order valence-electron chi connectivity index (χ4n) is 1.95. The number of carbonyl (C=O) groups excluding carboxylic acids is 3. The minimum absolute atomic E-state index is 0.0595. The zero-order valence-corrected chi connectivity index (χ0v) is 13.9. The number of amides is 2. The first-order valence-corrected chi connectivity index (χ1v) is 7.82. The van der Waals surface area contributed by atoms with Crippen molar-refractivity contribution in [3.8, 4) is 0 Å². The molecule has 1 aromatic rings. The Morgan fingerprint density at radius 2 is 1.92 bits per heavy atom. The van der Waals surface area contributed by atoms with Crippen molar-refractivity contribution in [3.05, 3.63) is 35.9 Å². The van der Waals surface area contributed by atoms with Crippen molar-refractivity contribution in [2.24, 2.45) is 5.92 Å². The maximum atomic E-state index is 12.1. The van der Waals surface area contributed by atoms with Crippen LogP contribution in [-0.4, -0.2) is 42.1 Å². The predicted molar refractivity (Wildman–Crippen MR) is 88.1 cm³/mol. The van der Waals surface area contributed by atoms with E-state index in [2.05, 4.69) is 10.6 Å². The number of hydrogen-bond acceptors (Lipinski definition) is 5. The first kappa shape index (κ1) is 19.6. The van der Waals surface area contributed by atoms with E-state index >= 15 is 0 Å². The van der Waals surface area contributed by atoms with Crippen molar-refractivity contribution in [1.82, 2.24) is 10.6 Å². The Balaban J connectivity index is 2.60. The Labute approximate surface area is 141 Å². The summed E-state index contributed by atoms with van der Waals surface area (Å²) in [5.41, 5.74) is 0.809. The number of aldehydes is 1. The second-order valence-corrected chi connectivity index (χ2v) is 5.66. The summed E-state index contributed by atoms with van der Waals surface area (Å²) in [7, 11) is 0. The molecule has 0 unspecified atom stereocenters. The van der Waals surface area contributed by atoms with Crippen molar-refractivity contribution >= 4 is 18.3 Å². The molecule has 7 heteroatoms. The lowest BCUT2D eigenvalue weighted by Gasteiger charge is -2.25. The summed E-state index contributed by atoms with van der Waals surface area (Å²) in [5.74, 6) is -0.809. The third-order valence-electron chi connectivity index (χ3n) is 3.35. The number of carbonyl (C=O) groups is 3. The van der Waals surface area contributed by atoms with Gasteiger partial charge in [-0.3, -0.25) is 4.79 Å². The summed E-state index contributed by atoms with van der Waals surface area (Å²) in [6.45, 7) is 3.66. The van der Waals surface area contributed by atoms with E-state index in [4.69, 9.17) is 4.74 Å². The zero-order valence-electron chi connectivity index (χ0n) is 13.9. The minimum atomic E-state index is -1.15. The molecule has 0 heterocycles. The molecule has 0 aliphatic carbocycles. The number of alkyl carbamates (subject to hydrolysis) is 1. The van der Waals surface area contributed by atoms with Crippen LogP contribution in [0, 0.1) is 5.92 Å². The highest BCUT2D eigenvalue weighted by atomic mass is 16.5. The van der Waals surface area contributed by atoms with Crippen molar-refractivity contribution in [1.29, 1.82) is 0 Å². The van der Waals surface area contributed by atoms with Crippen molar-refractivity contribution < 1.29 is 24.2 Å². The van der Waals surface area contributed by atoms with E-state index in [1.54, 1.807) is 26.0 Å². The van der Waals surface area contributed by atoms with Gasteiger partial charge in [-0.2, -0.15) is 0 Å². The summed E-state index contributed by atoms with van der Waals surface area (Å²) in [6, 6.07) is 7.95. The van der Waals surface area contributed by atoms with Crippen LogP contribution in [0.25, 0.3) is 0 Å². The van der Waals surface area contributed by atoms with E-state index in [-0.39, 0.29) is 25.5 Å². The lowest BCUT2D eigenvalue weighted by Crippen LogP contribution is -2.55. The molecule has 0 spiro atoms. The van der Waals surface area contributed by atoms with Crippen LogP contribution in [0.2, 0.25) is 0 Å². The van der Waals surface area contributed by atoms with E-state index in [1.807, 2.05) is 18.2 Å². The van der Waals surface area contributed by atoms with E-state index in [9.17, 15) is 19.5 Å². The highest BCUT2D eigenvalue weighted by Gasteiger charge is 2.30. The minimum Gasteiger partial charge on any atom is -0.445 e. The maximum absolute atomic E-state index is 12.1. The average molecular weight is 336 g/mol. The number of nitrogens with one attached hydrogen (secondary N) is 2. The lowest BCUT2D eigenvalue weighted by atomic mass is 9.99. The van der Waals surface area contributed by atoms with Crippen LogP contribution < -0.4 is 10.6 Å². The molecule has 2 amide bonds. The van der Waals surface area contributed by atoms with Gasteiger partial charge in [-0.05, 0) is 11.5 Å². The van der Waals surface area contributed by atoms with Gasteiger partial charge in [0.25, 0.3) is 0 Å². The maximum Gasteiger partial charge on any atom is 0.408 e. The van der Waals surface area contributed by atoms with Crippen LogP contribution in [0.15, 0.2) is 30.3 Å². The van der Waals surface area contributed by atoms with Crippen molar-refractivity contribution in [3.63, 3.8) is 0 Å². The molecule has 0 fully saturated rings. The largest absolute Gasteiger partial charge is 0.445 e. The Kier molecular flexibility index (Phi) is 8.49. The smallest absolute Gasteiger partial charge is 0.408 e. The summed E-state index contributed by atoms with van der Waals surface area (Å²) < 4.78 is 5.07. The molecule has 0 aromatic heterocycles. The Bertz CT molecular complexity index is 533. The van der Waals surface area contributed by atoms with Gasteiger partial charge in [0.15, 0.2) is 0 Å². The normalized spacial score (nSPS) is 13.0. The molecule has 3 N–H and O–H groups in total. The van der Waals surface area contributed by atoms with Gasteiger partial charge in [-0.1, -0.05) is 44.2 Å². The molecule has 7 nitrogen and oxygen atoms in total. The SMILES string of the molecule is CC(C)[C@H](O)[C@H](NC(=O)OCc1ccccc1)C(=O)NCCC=O.